The van der Waals surface area contributed by atoms with Gasteiger partial charge >= 0.3 is 0 Å². The van der Waals surface area contributed by atoms with Crippen molar-refractivity contribution < 1.29 is 18.4 Å². The van der Waals surface area contributed by atoms with Crippen molar-refractivity contribution in [2.45, 2.75) is 13.8 Å². The van der Waals surface area contributed by atoms with Gasteiger partial charge in [0.25, 0.3) is 11.8 Å². The smallest absolute Gasteiger partial charge is 0.256 e. The fraction of sp³-hybridized carbons (Fsp3) is 0.200. The number of hydrogen-bond acceptors (Lipinski definition) is 2. The number of nitrogens with zero attached hydrogens (tertiary/aromatic N) is 3. The van der Waals surface area contributed by atoms with E-state index in [1.165, 1.54) is 24.3 Å². The highest BCUT2D eigenvalue weighted by Gasteiger charge is 2.29. The van der Waals surface area contributed by atoms with E-state index in [0.717, 1.165) is 28.2 Å². The minimum Gasteiger partial charge on any atom is -0.335 e. The van der Waals surface area contributed by atoms with Crippen molar-refractivity contribution in [1.29, 1.82) is 0 Å². The van der Waals surface area contributed by atoms with Crippen molar-refractivity contribution in [2.75, 3.05) is 26.2 Å². The molecule has 0 N–H and O–H groups in total. The number of amides is 2. The molecule has 4 aromatic rings. The molecule has 5 nitrogen and oxygen atoms in total. The van der Waals surface area contributed by atoms with Crippen LogP contribution in [-0.2, 0) is 0 Å². The third kappa shape index (κ3) is 4.77. The molecule has 1 aliphatic rings. The van der Waals surface area contributed by atoms with Crippen LogP contribution in [0.15, 0.2) is 78.9 Å². The molecular formula is C30H27F2N3O2. The van der Waals surface area contributed by atoms with E-state index in [0.29, 0.717) is 31.7 Å². The van der Waals surface area contributed by atoms with Gasteiger partial charge in [-0.2, -0.15) is 0 Å². The predicted octanol–water partition coefficient (Wildman–Crippen LogP) is 5.64. The fourth-order valence-electron chi connectivity index (χ4n) is 4.77. The van der Waals surface area contributed by atoms with E-state index >= 15 is 0 Å². The van der Waals surface area contributed by atoms with Crippen LogP contribution in [-0.4, -0.2) is 52.4 Å². The molecule has 5 rings (SSSR count). The van der Waals surface area contributed by atoms with Gasteiger partial charge in [-0.25, -0.2) is 8.78 Å². The third-order valence-electron chi connectivity index (χ3n) is 6.87. The van der Waals surface area contributed by atoms with E-state index in [1.54, 1.807) is 34.1 Å². The first kappa shape index (κ1) is 24.4. The van der Waals surface area contributed by atoms with Crippen molar-refractivity contribution in [3.8, 4) is 16.9 Å². The molecule has 0 atom stereocenters. The summed E-state index contributed by atoms with van der Waals surface area (Å²) in [6, 6.07) is 22.0. The lowest BCUT2D eigenvalue weighted by Gasteiger charge is -2.35. The summed E-state index contributed by atoms with van der Waals surface area (Å²) in [5.74, 6) is -1.38. The van der Waals surface area contributed by atoms with E-state index in [9.17, 15) is 18.4 Å². The summed E-state index contributed by atoms with van der Waals surface area (Å²) in [6.45, 7) is 5.25. The number of rotatable bonds is 4. The Morgan fingerprint density at radius 1 is 0.703 bits per heavy atom. The first-order valence-corrected chi connectivity index (χ1v) is 12.2. The molecule has 0 bridgehead atoms. The zero-order chi connectivity index (χ0) is 26.1. The highest BCUT2D eigenvalue weighted by atomic mass is 19.1. The van der Waals surface area contributed by atoms with Crippen LogP contribution in [0.1, 0.15) is 32.0 Å². The highest BCUT2D eigenvalue weighted by molar-refractivity contribution is 5.98. The SMILES string of the molecule is Cc1ccc(-n2c(-c3ccc(F)cc3)cc(C(=O)N3CCN(C(=O)c4ccccc4F)CC3)c2C)cc1. The number of carbonyl (C=O) groups is 2. The van der Waals surface area contributed by atoms with Gasteiger partial charge < -0.3 is 14.4 Å². The zero-order valence-electron chi connectivity index (χ0n) is 20.7. The zero-order valence-corrected chi connectivity index (χ0v) is 20.7. The summed E-state index contributed by atoms with van der Waals surface area (Å²) in [4.78, 5) is 29.7. The molecule has 2 heterocycles. The molecule has 0 radical (unpaired) electrons. The Morgan fingerprint density at radius 3 is 1.86 bits per heavy atom. The Labute approximate surface area is 214 Å². The van der Waals surface area contributed by atoms with E-state index in [-0.39, 0.29) is 23.2 Å². The van der Waals surface area contributed by atoms with Crippen molar-refractivity contribution in [2.24, 2.45) is 0 Å². The summed E-state index contributed by atoms with van der Waals surface area (Å²) < 4.78 is 29.7. The number of benzene rings is 3. The normalized spacial score (nSPS) is 13.6. The fourth-order valence-corrected chi connectivity index (χ4v) is 4.77. The largest absolute Gasteiger partial charge is 0.335 e. The van der Waals surface area contributed by atoms with Crippen molar-refractivity contribution in [1.82, 2.24) is 14.4 Å². The molecule has 1 fully saturated rings. The number of aromatic nitrogens is 1. The summed E-state index contributed by atoms with van der Waals surface area (Å²) in [5, 5.41) is 0. The van der Waals surface area contributed by atoms with Gasteiger partial charge in [-0.3, -0.25) is 9.59 Å². The summed E-state index contributed by atoms with van der Waals surface area (Å²) in [6.07, 6.45) is 0. The maximum atomic E-state index is 14.1. The van der Waals surface area contributed by atoms with Gasteiger partial charge in [0.1, 0.15) is 11.6 Å². The molecule has 3 aromatic carbocycles. The number of carbonyl (C=O) groups excluding carboxylic acids is 2. The number of aryl methyl sites for hydroxylation is 1. The Bertz CT molecular complexity index is 1450. The lowest BCUT2D eigenvalue weighted by atomic mass is 10.1. The van der Waals surface area contributed by atoms with Crippen LogP contribution in [0.25, 0.3) is 16.9 Å². The van der Waals surface area contributed by atoms with E-state index in [1.807, 2.05) is 48.7 Å². The lowest BCUT2D eigenvalue weighted by Crippen LogP contribution is -2.50. The second-order valence-electron chi connectivity index (χ2n) is 9.27. The van der Waals surface area contributed by atoms with Crippen molar-refractivity contribution in [3.63, 3.8) is 0 Å². The Balaban J connectivity index is 1.42. The minimum atomic E-state index is -0.549. The molecule has 0 aliphatic carbocycles. The lowest BCUT2D eigenvalue weighted by molar-refractivity contribution is 0.0532. The van der Waals surface area contributed by atoms with E-state index < -0.39 is 5.82 Å². The van der Waals surface area contributed by atoms with Gasteiger partial charge in [0, 0.05) is 37.6 Å². The Hall–Kier alpha value is -4.26. The molecule has 7 heteroatoms. The molecule has 0 spiro atoms. The van der Waals surface area contributed by atoms with Gasteiger partial charge in [-0.15, -0.1) is 0 Å². The first-order valence-electron chi connectivity index (χ1n) is 12.2. The second-order valence-corrected chi connectivity index (χ2v) is 9.27. The molecule has 37 heavy (non-hydrogen) atoms. The van der Waals surface area contributed by atoms with Gasteiger partial charge in [-0.1, -0.05) is 29.8 Å². The molecule has 1 aliphatic heterocycles. The maximum absolute atomic E-state index is 14.1. The monoisotopic (exact) mass is 499 g/mol. The average molecular weight is 500 g/mol. The molecule has 188 valence electrons. The Kier molecular flexibility index (Phi) is 6.61. The van der Waals surface area contributed by atoms with Crippen LogP contribution in [0.4, 0.5) is 8.78 Å². The van der Waals surface area contributed by atoms with Gasteiger partial charge in [0.15, 0.2) is 0 Å². The summed E-state index contributed by atoms with van der Waals surface area (Å²) in [7, 11) is 0. The third-order valence-corrected chi connectivity index (χ3v) is 6.87. The van der Waals surface area contributed by atoms with Crippen molar-refractivity contribution >= 4 is 11.8 Å². The van der Waals surface area contributed by atoms with Gasteiger partial charge in [-0.05, 0) is 74.0 Å². The molecule has 0 saturated carbocycles. The van der Waals surface area contributed by atoms with Crippen LogP contribution in [0.3, 0.4) is 0 Å². The number of hydrogen-bond donors (Lipinski definition) is 0. The topological polar surface area (TPSA) is 45.6 Å². The highest BCUT2D eigenvalue weighted by Crippen LogP contribution is 2.31. The van der Waals surface area contributed by atoms with E-state index in [2.05, 4.69) is 0 Å². The van der Waals surface area contributed by atoms with Gasteiger partial charge in [0.2, 0.25) is 0 Å². The minimum absolute atomic E-state index is 0.0391. The van der Waals surface area contributed by atoms with Crippen LogP contribution in [0.2, 0.25) is 0 Å². The predicted molar refractivity (Wildman–Crippen MR) is 139 cm³/mol. The first-order chi connectivity index (χ1) is 17.8. The number of halogens is 2. The molecule has 0 unspecified atom stereocenters. The van der Waals surface area contributed by atoms with Crippen LogP contribution < -0.4 is 0 Å². The van der Waals surface area contributed by atoms with Crippen LogP contribution in [0.5, 0.6) is 0 Å². The second kappa shape index (κ2) is 10.0. The van der Waals surface area contributed by atoms with Gasteiger partial charge in [0.05, 0.1) is 16.8 Å². The van der Waals surface area contributed by atoms with Crippen molar-refractivity contribution in [3.05, 3.63) is 113 Å². The van der Waals surface area contributed by atoms with Crippen LogP contribution in [0, 0.1) is 25.5 Å². The standard InChI is InChI=1S/C30H27F2N3O2/c1-20-7-13-24(14-8-20)35-21(2)26(19-28(35)22-9-11-23(31)12-10-22)30(37)34-17-15-33(16-18-34)29(36)25-5-3-4-6-27(25)32/h3-14,19H,15-18H2,1-2H3. The van der Waals surface area contributed by atoms with Crippen LogP contribution >= 0.6 is 0 Å². The molecular weight excluding hydrogens is 472 g/mol. The molecule has 2 amide bonds. The molecule has 1 saturated heterocycles. The Morgan fingerprint density at radius 2 is 1.27 bits per heavy atom. The molecule has 1 aromatic heterocycles. The van der Waals surface area contributed by atoms with E-state index in [4.69, 9.17) is 0 Å². The number of piperazine rings is 1. The summed E-state index contributed by atoms with van der Waals surface area (Å²) >= 11 is 0. The maximum Gasteiger partial charge on any atom is 0.256 e. The quantitative estimate of drug-likeness (QED) is 0.365. The summed E-state index contributed by atoms with van der Waals surface area (Å²) in [5.41, 5.74) is 4.98. The average Bonchev–Trinajstić information content (AvgIpc) is 3.26.